The number of hydrogen-bond acceptors (Lipinski definition) is 6. The second kappa shape index (κ2) is 7.85. The van der Waals surface area contributed by atoms with E-state index >= 15 is 0 Å². The molecule has 1 aliphatic rings. The summed E-state index contributed by atoms with van der Waals surface area (Å²) in [5.74, 6) is -0.428. The Labute approximate surface area is 152 Å². The fourth-order valence-electron chi connectivity index (χ4n) is 2.03. The molecule has 2 rings (SSSR count). The third kappa shape index (κ3) is 4.18. The quantitative estimate of drug-likeness (QED) is 0.543. The maximum atomic E-state index is 12.4. The van der Waals surface area contributed by atoms with Crippen LogP contribution in [0.4, 0.5) is 4.79 Å². The van der Waals surface area contributed by atoms with Gasteiger partial charge in [-0.2, -0.15) is 0 Å². The Hall–Kier alpha value is -1.80. The number of esters is 1. The molecule has 2 amide bonds. The first-order valence-electron chi connectivity index (χ1n) is 7.09. The molecule has 0 aromatic heterocycles. The summed E-state index contributed by atoms with van der Waals surface area (Å²) in [6.45, 7) is 3.32. The number of carbonyl (C=O) groups is 3. The molecule has 24 heavy (non-hydrogen) atoms. The molecule has 0 radical (unpaired) electrons. The average molecular weight is 414 g/mol. The van der Waals surface area contributed by atoms with Crippen molar-refractivity contribution in [2.75, 3.05) is 13.7 Å². The first-order chi connectivity index (χ1) is 11.3. The van der Waals surface area contributed by atoms with Gasteiger partial charge in [0.15, 0.2) is 6.61 Å². The summed E-state index contributed by atoms with van der Waals surface area (Å²) >= 11 is 4.24. The van der Waals surface area contributed by atoms with E-state index in [0.29, 0.717) is 16.2 Å². The van der Waals surface area contributed by atoms with Gasteiger partial charge in [-0.25, -0.2) is 4.79 Å². The second-order valence-corrected chi connectivity index (χ2v) is 7.10. The van der Waals surface area contributed by atoms with Gasteiger partial charge in [0.1, 0.15) is 5.75 Å². The van der Waals surface area contributed by atoms with Gasteiger partial charge in [0.05, 0.1) is 12.0 Å². The van der Waals surface area contributed by atoms with Crippen LogP contribution < -0.4 is 4.74 Å². The van der Waals surface area contributed by atoms with Crippen LogP contribution in [-0.4, -0.2) is 41.8 Å². The molecule has 0 aliphatic carbocycles. The van der Waals surface area contributed by atoms with Crippen molar-refractivity contribution in [3.63, 3.8) is 0 Å². The van der Waals surface area contributed by atoms with Crippen molar-refractivity contribution in [3.05, 3.63) is 33.1 Å². The number of hydrogen-bond donors (Lipinski definition) is 0. The van der Waals surface area contributed by atoms with Crippen LogP contribution in [0.1, 0.15) is 19.4 Å². The first kappa shape index (κ1) is 18.5. The normalized spacial score (nSPS) is 16.2. The van der Waals surface area contributed by atoms with Crippen LogP contribution in [0.5, 0.6) is 5.75 Å². The van der Waals surface area contributed by atoms with Gasteiger partial charge in [0.25, 0.3) is 11.1 Å². The zero-order valence-corrected chi connectivity index (χ0v) is 15.8. The van der Waals surface area contributed by atoms with Crippen molar-refractivity contribution >= 4 is 50.9 Å². The van der Waals surface area contributed by atoms with Crippen molar-refractivity contribution in [1.82, 2.24) is 4.90 Å². The lowest BCUT2D eigenvalue weighted by molar-refractivity contribution is -0.142. The summed E-state index contributed by atoms with van der Waals surface area (Å²) in [4.78, 5) is 37.1. The number of amides is 2. The monoisotopic (exact) mass is 413 g/mol. The molecule has 1 aliphatic heterocycles. The van der Waals surface area contributed by atoms with Crippen LogP contribution in [0.3, 0.4) is 0 Å². The van der Waals surface area contributed by atoms with Crippen LogP contribution in [0, 0.1) is 0 Å². The molecule has 0 atom stereocenters. The highest BCUT2D eigenvalue weighted by Crippen LogP contribution is 2.35. The Balaban J connectivity index is 2.31. The molecule has 6 nitrogen and oxygen atoms in total. The van der Waals surface area contributed by atoms with E-state index in [1.807, 2.05) is 0 Å². The number of halogens is 1. The van der Waals surface area contributed by atoms with E-state index in [4.69, 9.17) is 4.74 Å². The zero-order chi connectivity index (χ0) is 17.9. The van der Waals surface area contributed by atoms with Gasteiger partial charge in [0.2, 0.25) is 0 Å². The van der Waals surface area contributed by atoms with Gasteiger partial charge in [-0.1, -0.05) is 15.9 Å². The standard InChI is InChI=1S/C16H16BrNO5S/c1-9(2)18-15(20)13(24-16(18)21)7-10-6-11(17)4-5-12(10)23-8-14(19)22-3/h4-7,9H,8H2,1-3H3/b13-7+. The van der Waals surface area contributed by atoms with Gasteiger partial charge in [-0.15, -0.1) is 0 Å². The summed E-state index contributed by atoms with van der Waals surface area (Å²) in [6.07, 6.45) is 1.59. The topological polar surface area (TPSA) is 72.9 Å². The van der Waals surface area contributed by atoms with Crippen LogP contribution in [0.2, 0.25) is 0 Å². The highest BCUT2D eigenvalue weighted by atomic mass is 79.9. The minimum Gasteiger partial charge on any atom is -0.481 e. The summed E-state index contributed by atoms with van der Waals surface area (Å²) in [5.41, 5.74) is 0.586. The molecule has 1 heterocycles. The van der Waals surface area contributed by atoms with Crippen molar-refractivity contribution in [3.8, 4) is 5.75 Å². The van der Waals surface area contributed by atoms with Gasteiger partial charge in [0, 0.05) is 16.1 Å². The molecule has 0 saturated carbocycles. The summed E-state index contributed by atoms with van der Waals surface area (Å²) in [5, 5.41) is -0.298. The Morgan fingerprint density at radius 2 is 2.08 bits per heavy atom. The smallest absolute Gasteiger partial charge is 0.343 e. The molecule has 0 spiro atoms. The zero-order valence-electron chi connectivity index (χ0n) is 13.4. The Morgan fingerprint density at radius 3 is 2.67 bits per heavy atom. The van der Waals surface area contributed by atoms with Crippen LogP contribution in [0.25, 0.3) is 6.08 Å². The third-order valence-electron chi connectivity index (χ3n) is 3.17. The third-order valence-corrected chi connectivity index (χ3v) is 4.55. The molecule has 128 valence electrons. The van der Waals surface area contributed by atoms with Gasteiger partial charge >= 0.3 is 5.97 Å². The van der Waals surface area contributed by atoms with E-state index in [2.05, 4.69) is 20.7 Å². The molecule has 0 N–H and O–H groups in total. The lowest BCUT2D eigenvalue weighted by Crippen LogP contribution is -2.34. The second-order valence-electron chi connectivity index (χ2n) is 5.19. The fourth-order valence-corrected chi connectivity index (χ4v) is 3.36. The van der Waals surface area contributed by atoms with Crippen molar-refractivity contribution in [2.45, 2.75) is 19.9 Å². The maximum Gasteiger partial charge on any atom is 0.343 e. The highest BCUT2D eigenvalue weighted by Gasteiger charge is 2.36. The van der Waals surface area contributed by atoms with Gasteiger partial charge in [-0.05, 0) is 49.9 Å². The van der Waals surface area contributed by atoms with E-state index in [1.54, 1.807) is 38.1 Å². The Bertz CT molecular complexity index is 716. The first-order valence-corrected chi connectivity index (χ1v) is 8.70. The largest absolute Gasteiger partial charge is 0.481 e. The molecule has 1 fully saturated rings. The molecule has 8 heteroatoms. The molecule has 0 unspecified atom stereocenters. The lowest BCUT2D eigenvalue weighted by atomic mass is 10.2. The van der Waals surface area contributed by atoms with E-state index in [9.17, 15) is 14.4 Å². The van der Waals surface area contributed by atoms with Crippen molar-refractivity contribution < 1.29 is 23.9 Å². The summed E-state index contributed by atoms with van der Waals surface area (Å²) in [7, 11) is 1.27. The Kier molecular flexibility index (Phi) is 6.06. The van der Waals surface area contributed by atoms with E-state index in [1.165, 1.54) is 12.0 Å². The molecule has 1 aromatic carbocycles. The van der Waals surface area contributed by atoms with Gasteiger partial charge in [-0.3, -0.25) is 14.5 Å². The van der Waals surface area contributed by atoms with Crippen LogP contribution >= 0.6 is 27.7 Å². The summed E-state index contributed by atoms with van der Waals surface area (Å²) < 4.78 is 10.8. The minimum absolute atomic E-state index is 0.207. The number of benzene rings is 1. The lowest BCUT2D eigenvalue weighted by Gasteiger charge is -2.16. The number of ether oxygens (including phenoxy) is 2. The predicted molar refractivity (Wildman–Crippen MR) is 94.6 cm³/mol. The van der Waals surface area contributed by atoms with E-state index in [-0.39, 0.29) is 23.8 Å². The molecule has 1 saturated heterocycles. The van der Waals surface area contributed by atoms with E-state index < -0.39 is 5.97 Å². The molecule has 0 bridgehead atoms. The van der Waals surface area contributed by atoms with Crippen LogP contribution in [-0.2, 0) is 14.3 Å². The van der Waals surface area contributed by atoms with Crippen LogP contribution in [0.15, 0.2) is 27.6 Å². The predicted octanol–water partition coefficient (Wildman–Crippen LogP) is 3.45. The molecular formula is C16H16BrNO5S. The fraction of sp³-hybridized carbons (Fsp3) is 0.312. The number of rotatable bonds is 5. The highest BCUT2D eigenvalue weighted by molar-refractivity contribution is 9.10. The van der Waals surface area contributed by atoms with Gasteiger partial charge < -0.3 is 9.47 Å². The van der Waals surface area contributed by atoms with E-state index in [0.717, 1.165) is 16.2 Å². The number of carbonyl (C=O) groups excluding carboxylic acids is 3. The number of thioether (sulfide) groups is 1. The molecular weight excluding hydrogens is 398 g/mol. The number of methoxy groups -OCH3 is 1. The minimum atomic E-state index is -0.510. The maximum absolute atomic E-state index is 12.4. The molecule has 1 aromatic rings. The van der Waals surface area contributed by atoms with Crippen molar-refractivity contribution in [1.29, 1.82) is 0 Å². The van der Waals surface area contributed by atoms with Crippen molar-refractivity contribution in [2.24, 2.45) is 0 Å². The number of imide groups is 1. The summed E-state index contributed by atoms with van der Waals surface area (Å²) in [6, 6.07) is 4.96. The SMILES string of the molecule is COC(=O)COc1ccc(Br)cc1/C=C1/SC(=O)N(C(C)C)C1=O. The number of nitrogens with zero attached hydrogens (tertiary/aromatic N) is 1. The average Bonchev–Trinajstić information content (AvgIpc) is 2.80. The Morgan fingerprint density at radius 1 is 1.38 bits per heavy atom.